The highest BCUT2D eigenvalue weighted by molar-refractivity contribution is 5.76. The highest BCUT2D eigenvalue weighted by atomic mass is 16.5. The SMILES string of the molecule is CC(C)Oc1cccc(-c2nnc(CCC(=O)N3CCN(C)CC3)c(=O)[nH]2)c1. The van der Waals surface area contributed by atoms with Gasteiger partial charge in [-0.15, -0.1) is 10.2 Å². The highest BCUT2D eigenvalue weighted by Gasteiger charge is 2.19. The molecule has 2 heterocycles. The lowest BCUT2D eigenvalue weighted by Crippen LogP contribution is -2.47. The first-order valence-electron chi connectivity index (χ1n) is 9.61. The molecule has 1 saturated heterocycles. The van der Waals surface area contributed by atoms with Crippen LogP contribution >= 0.6 is 0 Å². The predicted octanol–water partition coefficient (Wildman–Crippen LogP) is 1.33. The third-order valence-electron chi connectivity index (χ3n) is 4.68. The van der Waals surface area contributed by atoms with Gasteiger partial charge in [0.2, 0.25) is 5.91 Å². The van der Waals surface area contributed by atoms with Crippen LogP contribution in [0.25, 0.3) is 11.4 Å². The molecule has 8 nitrogen and oxygen atoms in total. The molecule has 0 atom stereocenters. The number of aromatic amines is 1. The Morgan fingerprint density at radius 2 is 1.96 bits per heavy atom. The van der Waals surface area contributed by atoms with Crippen molar-refractivity contribution in [2.45, 2.75) is 32.8 Å². The predicted molar refractivity (Wildman–Crippen MR) is 106 cm³/mol. The van der Waals surface area contributed by atoms with Gasteiger partial charge in [0, 0.05) is 44.6 Å². The standard InChI is InChI=1S/C20H27N5O3/c1-14(2)28-16-6-4-5-15(13-16)19-21-20(27)17(22-23-19)7-8-18(26)25-11-9-24(3)10-12-25/h4-6,13-14H,7-12H2,1-3H3,(H,21,23,27). The number of nitrogens with one attached hydrogen (secondary N) is 1. The molecule has 1 N–H and O–H groups in total. The number of aromatic nitrogens is 3. The molecule has 28 heavy (non-hydrogen) atoms. The number of hydrogen-bond donors (Lipinski definition) is 1. The average molecular weight is 385 g/mol. The Labute approximate surface area is 164 Å². The minimum Gasteiger partial charge on any atom is -0.491 e. The van der Waals surface area contributed by atoms with Gasteiger partial charge in [-0.05, 0) is 33.0 Å². The summed E-state index contributed by atoms with van der Waals surface area (Å²) in [5, 5.41) is 8.20. The zero-order chi connectivity index (χ0) is 20.1. The van der Waals surface area contributed by atoms with E-state index in [2.05, 4.69) is 20.1 Å². The Morgan fingerprint density at radius 3 is 2.64 bits per heavy atom. The average Bonchev–Trinajstić information content (AvgIpc) is 2.67. The van der Waals surface area contributed by atoms with Gasteiger partial charge in [0.1, 0.15) is 11.4 Å². The molecule has 1 aromatic carbocycles. The van der Waals surface area contributed by atoms with E-state index >= 15 is 0 Å². The Balaban J connectivity index is 1.64. The molecule has 8 heteroatoms. The maximum Gasteiger partial charge on any atom is 0.273 e. The van der Waals surface area contributed by atoms with Gasteiger partial charge >= 0.3 is 0 Å². The number of benzene rings is 1. The molecule has 0 saturated carbocycles. The van der Waals surface area contributed by atoms with Crippen molar-refractivity contribution in [3.05, 3.63) is 40.3 Å². The maximum absolute atomic E-state index is 12.4. The molecular weight excluding hydrogens is 358 g/mol. The fourth-order valence-electron chi connectivity index (χ4n) is 3.08. The van der Waals surface area contributed by atoms with E-state index in [1.807, 2.05) is 50.1 Å². The molecule has 0 spiro atoms. The number of likely N-dealkylation sites (N-methyl/N-ethyl adjacent to an activating group) is 1. The van der Waals surface area contributed by atoms with E-state index in [1.54, 1.807) is 0 Å². The summed E-state index contributed by atoms with van der Waals surface area (Å²) in [6, 6.07) is 7.35. The second kappa shape index (κ2) is 8.97. The van der Waals surface area contributed by atoms with Crippen LogP contribution in [0.1, 0.15) is 26.0 Å². The van der Waals surface area contributed by atoms with Gasteiger partial charge in [0.15, 0.2) is 5.82 Å². The Hall–Kier alpha value is -2.74. The van der Waals surface area contributed by atoms with E-state index in [9.17, 15) is 9.59 Å². The smallest absolute Gasteiger partial charge is 0.273 e. The van der Waals surface area contributed by atoms with E-state index in [4.69, 9.17) is 4.74 Å². The topological polar surface area (TPSA) is 91.4 Å². The van der Waals surface area contributed by atoms with Crippen molar-refractivity contribution in [2.24, 2.45) is 0 Å². The van der Waals surface area contributed by atoms with E-state index in [-0.39, 0.29) is 36.1 Å². The molecule has 1 aromatic heterocycles. The van der Waals surface area contributed by atoms with Gasteiger partial charge in [-0.3, -0.25) is 9.59 Å². The molecule has 3 rings (SSSR count). The van der Waals surface area contributed by atoms with Crippen LogP contribution in [-0.2, 0) is 11.2 Å². The van der Waals surface area contributed by atoms with Crippen LogP contribution in [0, 0.1) is 0 Å². The molecule has 1 amide bonds. The van der Waals surface area contributed by atoms with Crippen molar-refractivity contribution >= 4 is 5.91 Å². The Morgan fingerprint density at radius 1 is 1.21 bits per heavy atom. The largest absolute Gasteiger partial charge is 0.491 e. The zero-order valence-electron chi connectivity index (χ0n) is 16.6. The number of carbonyl (C=O) groups excluding carboxylic acids is 1. The van der Waals surface area contributed by atoms with Crippen molar-refractivity contribution in [3.63, 3.8) is 0 Å². The summed E-state index contributed by atoms with van der Waals surface area (Å²) in [5.74, 6) is 1.14. The minimum absolute atomic E-state index is 0.0527. The monoisotopic (exact) mass is 385 g/mol. The number of hydrogen-bond acceptors (Lipinski definition) is 6. The van der Waals surface area contributed by atoms with Crippen molar-refractivity contribution in [3.8, 4) is 17.1 Å². The number of aryl methyl sites for hydroxylation is 1. The Kier molecular flexibility index (Phi) is 6.41. The fraction of sp³-hybridized carbons (Fsp3) is 0.500. The van der Waals surface area contributed by atoms with E-state index in [0.29, 0.717) is 11.6 Å². The zero-order valence-corrected chi connectivity index (χ0v) is 16.6. The van der Waals surface area contributed by atoms with Gasteiger partial charge in [0.25, 0.3) is 5.56 Å². The van der Waals surface area contributed by atoms with Crippen LogP contribution < -0.4 is 10.3 Å². The lowest BCUT2D eigenvalue weighted by molar-refractivity contribution is -0.132. The van der Waals surface area contributed by atoms with E-state index in [0.717, 1.165) is 31.7 Å². The quantitative estimate of drug-likeness (QED) is 0.807. The second-order valence-corrected chi connectivity index (χ2v) is 7.33. The third-order valence-corrected chi connectivity index (χ3v) is 4.68. The van der Waals surface area contributed by atoms with Gasteiger partial charge < -0.3 is 19.5 Å². The second-order valence-electron chi connectivity index (χ2n) is 7.33. The first-order chi connectivity index (χ1) is 13.4. The molecule has 1 aliphatic heterocycles. The molecule has 1 fully saturated rings. The van der Waals surface area contributed by atoms with Crippen LogP contribution in [-0.4, -0.2) is 70.2 Å². The number of ether oxygens (including phenoxy) is 1. The van der Waals surface area contributed by atoms with Crippen LogP contribution in [0.3, 0.4) is 0 Å². The van der Waals surface area contributed by atoms with Crippen LogP contribution in [0.4, 0.5) is 0 Å². The third kappa shape index (κ3) is 5.16. The summed E-state index contributed by atoms with van der Waals surface area (Å²) >= 11 is 0. The molecule has 1 aliphatic rings. The van der Waals surface area contributed by atoms with Crippen molar-refractivity contribution < 1.29 is 9.53 Å². The Bertz CT molecular complexity index is 872. The normalized spacial score (nSPS) is 15.1. The molecule has 0 unspecified atom stereocenters. The van der Waals surface area contributed by atoms with Crippen LogP contribution in [0.5, 0.6) is 5.75 Å². The van der Waals surface area contributed by atoms with E-state index in [1.165, 1.54) is 0 Å². The molecule has 0 aliphatic carbocycles. The van der Waals surface area contributed by atoms with Gasteiger partial charge in [-0.25, -0.2) is 0 Å². The van der Waals surface area contributed by atoms with Crippen molar-refractivity contribution in [2.75, 3.05) is 33.2 Å². The summed E-state index contributed by atoms with van der Waals surface area (Å²) < 4.78 is 5.67. The fourth-order valence-corrected chi connectivity index (χ4v) is 3.08. The van der Waals surface area contributed by atoms with Gasteiger partial charge in [0.05, 0.1) is 6.10 Å². The molecular formula is C20H27N5O3. The summed E-state index contributed by atoms with van der Waals surface area (Å²) in [6.45, 7) is 7.11. The van der Waals surface area contributed by atoms with Crippen LogP contribution in [0.15, 0.2) is 29.1 Å². The maximum atomic E-state index is 12.4. The van der Waals surface area contributed by atoms with Crippen molar-refractivity contribution in [1.82, 2.24) is 25.0 Å². The number of carbonyl (C=O) groups is 1. The summed E-state index contributed by atoms with van der Waals surface area (Å²) in [7, 11) is 2.04. The first kappa shape index (κ1) is 20.0. The van der Waals surface area contributed by atoms with E-state index < -0.39 is 0 Å². The van der Waals surface area contributed by atoms with Gasteiger partial charge in [-0.2, -0.15) is 0 Å². The number of nitrogens with zero attached hydrogens (tertiary/aromatic N) is 4. The highest BCUT2D eigenvalue weighted by Crippen LogP contribution is 2.20. The molecule has 0 bridgehead atoms. The lowest BCUT2D eigenvalue weighted by atomic mass is 10.2. The number of amides is 1. The summed E-state index contributed by atoms with van der Waals surface area (Å²) in [6.07, 6.45) is 0.601. The number of rotatable bonds is 6. The number of H-pyrrole nitrogens is 1. The summed E-state index contributed by atoms with van der Waals surface area (Å²) in [4.78, 5) is 31.5. The number of piperazine rings is 1. The first-order valence-corrected chi connectivity index (χ1v) is 9.61. The van der Waals surface area contributed by atoms with Gasteiger partial charge in [-0.1, -0.05) is 12.1 Å². The molecule has 0 radical (unpaired) electrons. The minimum atomic E-state index is -0.314. The van der Waals surface area contributed by atoms with Crippen LogP contribution in [0.2, 0.25) is 0 Å². The molecule has 2 aromatic rings. The summed E-state index contributed by atoms with van der Waals surface area (Å²) in [5.41, 5.74) is 0.690. The lowest BCUT2D eigenvalue weighted by Gasteiger charge is -2.32. The van der Waals surface area contributed by atoms with Crippen molar-refractivity contribution in [1.29, 1.82) is 0 Å². The molecule has 150 valence electrons.